The predicted octanol–water partition coefficient (Wildman–Crippen LogP) is -0.406. The average Bonchev–Trinajstić information content (AvgIpc) is 2.25. The van der Waals surface area contributed by atoms with Crippen LogP contribution in [0.5, 0.6) is 5.88 Å². The SMILES string of the molecule is COc1cc(CNS(=O)(=O)CC(=O)O)ccn1. The zero-order chi connectivity index (χ0) is 12.9. The molecule has 1 rings (SSSR count). The van der Waals surface area contributed by atoms with Crippen LogP contribution in [0.1, 0.15) is 5.56 Å². The Morgan fingerprint density at radius 1 is 1.59 bits per heavy atom. The smallest absolute Gasteiger partial charge is 0.320 e. The summed E-state index contributed by atoms with van der Waals surface area (Å²) in [6, 6.07) is 3.16. The molecule has 0 aliphatic rings. The first-order valence-electron chi connectivity index (χ1n) is 4.61. The molecular formula is C9H12N2O5S. The molecule has 0 fully saturated rings. The normalized spacial score (nSPS) is 11.1. The Morgan fingerprint density at radius 2 is 2.29 bits per heavy atom. The number of aromatic nitrogens is 1. The summed E-state index contributed by atoms with van der Waals surface area (Å²) in [6.45, 7) is -0.00546. The lowest BCUT2D eigenvalue weighted by molar-refractivity contribution is -0.134. The summed E-state index contributed by atoms with van der Waals surface area (Å²) < 4.78 is 29.5. The van der Waals surface area contributed by atoms with Crippen molar-refractivity contribution in [2.24, 2.45) is 0 Å². The lowest BCUT2D eigenvalue weighted by Crippen LogP contribution is -2.29. The number of hydrogen-bond acceptors (Lipinski definition) is 5. The van der Waals surface area contributed by atoms with E-state index in [9.17, 15) is 13.2 Å². The molecule has 17 heavy (non-hydrogen) atoms. The lowest BCUT2D eigenvalue weighted by atomic mass is 10.3. The van der Waals surface area contributed by atoms with E-state index in [4.69, 9.17) is 9.84 Å². The average molecular weight is 260 g/mol. The van der Waals surface area contributed by atoms with Crippen LogP contribution in [-0.2, 0) is 21.4 Å². The number of nitrogens with zero attached hydrogens (tertiary/aromatic N) is 1. The molecule has 0 aliphatic heterocycles. The third-order valence-corrected chi connectivity index (χ3v) is 3.03. The summed E-state index contributed by atoms with van der Waals surface area (Å²) in [7, 11) is -2.36. The lowest BCUT2D eigenvalue weighted by Gasteiger charge is -2.05. The predicted molar refractivity (Wildman–Crippen MR) is 59.1 cm³/mol. The maximum absolute atomic E-state index is 11.2. The second-order valence-corrected chi connectivity index (χ2v) is 4.99. The molecular weight excluding hydrogens is 248 g/mol. The van der Waals surface area contributed by atoms with Crippen molar-refractivity contribution >= 4 is 16.0 Å². The minimum absolute atomic E-state index is 0.00546. The third kappa shape index (κ3) is 4.79. The molecule has 0 spiro atoms. The van der Waals surface area contributed by atoms with Gasteiger partial charge in [0.05, 0.1) is 7.11 Å². The monoisotopic (exact) mass is 260 g/mol. The van der Waals surface area contributed by atoms with Crippen molar-refractivity contribution < 1.29 is 23.1 Å². The van der Waals surface area contributed by atoms with Gasteiger partial charge in [-0.15, -0.1) is 0 Å². The fourth-order valence-electron chi connectivity index (χ4n) is 1.08. The Balaban J connectivity index is 2.64. The molecule has 0 radical (unpaired) electrons. The van der Waals surface area contributed by atoms with Crippen molar-refractivity contribution in [3.05, 3.63) is 23.9 Å². The highest BCUT2D eigenvalue weighted by atomic mass is 32.2. The number of ether oxygens (including phenoxy) is 1. The summed E-state index contributed by atoms with van der Waals surface area (Å²) in [6.07, 6.45) is 1.47. The van der Waals surface area contributed by atoms with Crippen molar-refractivity contribution in [1.29, 1.82) is 0 Å². The Labute approximate surface area is 98.5 Å². The number of carbonyl (C=O) groups is 1. The standard InChI is InChI=1S/C9H12N2O5S/c1-16-8-4-7(2-3-10-8)5-11-17(14,15)6-9(12)13/h2-4,11H,5-6H2,1H3,(H,12,13). The van der Waals surface area contributed by atoms with Gasteiger partial charge in [0, 0.05) is 18.8 Å². The number of nitrogens with one attached hydrogen (secondary N) is 1. The fourth-order valence-corrected chi connectivity index (χ4v) is 1.89. The molecule has 94 valence electrons. The number of carboxylic acid groups (broad SMARTS) is 1. The number of hydrogen-bond donors (Lipinski definition) is 2. The van der Waals surface area contributed by atoms with Crippen molar-refractivity contribution in [1.82, 2.24) is 9.71 Å². The van der Waals surface area contributed by atoms with Gasteiger partial charge in [-0.1, -0.05) is 0 Å². The second-order valence-electron chi connectivity index (χ2n) is 3.18. The zero-order valence-electron chi connectivity index (χ0n) is 9.08. The maximum Gasteiger partial charge on any atom is 0.320 e. The van der Waals surface area contributed by atoms with Crippen molar-refractivity contribution in [2.45, 2.75) is 6.54 Å². The van der Waals surface area contributed by atoms with Gasteiger partial charge in [-0.2, -0.15) is 0 Å². The zero-order valence-corrected chi connectivity index (χ0v) is 9.90. The second kappa shape index (κ2) is 5.60. The topological polar surface area (TPSA) is 106 Å². The third-order valence-electron chi connectivity index (χ3n) is 1.82. The van der Waals surface area contributed by atoms with Crippen molar-refractivity contribution in [2.75, 3.05) is 12.9 Å². The van der Waals surface area contributed by atoms with Crippen LogP contribution in [0.4, 0.5) is 0 Å². The summed E-state index contributed by atoms with van der Waals surface area (Å²) in [4.78, 5) is 14.1. The van der Waals surface area contributed by atoms with Crippen LogP contribution in [0.15, 0.2) is 18.3 Å². The van der Waals surface area contributed by atoms with E-state index in [2.05, 4.69) is 9.71 Å². The number of rotatable bonds is 6. The highest BCUT2D eigenvalue weighted by molar-refractivity contribution is 7.90. The molecule has 7 nitrogen and oxygen atoms in total. The van der Waals surface area contributed by atoms with E-state index in [1.807, 2.05) is 0 Å². The maximum atomic E-state index is 11.2. The first-order chi connectivity index (χ1) is 7.93. The molecule has 0 saturated heterocycles. The van der Waals surface area contributed by atoms with Gasteiger partial charge in [0.25, 0.3) is 0 Å². The van der Waals surface area contributed by atoms with E-state index in [-0.39, 0.29) is 6.54 Å². The van der Waals surface area contributed by atoms with Crippen LogP contribution in [0.25, 0.3) is 0 Å². The van der Waals surface area contributed by atoms with Gasteiger partial charge in [-0.3, -0.25) is 4.79 Å². The minimum atomic E-state index is -3.81. The first-order valence-corrected chi connectivity index (χ1v) is 6.26. The van der Waals surface area contributed by atoms with E-state index in [1.54, 1.807) is 12.1 Å². The van der Waals surface area contributed by atoms with Gasteiger partial charge in [-0.25, -0.2) is 18.1 Å². The van der Waals surface area contributed by atoms with Gasteiger partial charge in [0.15, 0.2) is 5.75 Å². The quantitative estimate of drug-likeness (QED) is 0.720. The Hall–Kier alpha value is -1.67. The van der Waals surface area contributed by atoms with E-state index >= 15 is 0 Å². The molecule has 1 aromatic rings. The molecule has 0 bridgehead atoms. The largest absolute Gasteiger partial charge is 0.481 e. The summed E-state index contributed by atoms with van der Waals surface area (Å²) in [5.41, 5.74) is 0.630. The highest BCUT2D eigenvalue weighted by Crippen LogP contribution is 2.08. The van der Waals surface area contributed by atoms with Gasteiger partial charge in [0.1, 0.15) is 0 Å². The Morgan fingerprint density at radius 3 is 2.88 bits per heavy atom. The summed E-state index contributed by atoms with van der Waals surface area (Å²) >= 11 is 0. The van der Waals surface area contributed by atoms with Crippen LogP contribution >= 0.6 is 0 Å². The van der Waals surface area contributed by atoms with Crippen molar-refractivity contribution in [3.63, 3.8) is 0 Å². The Bertz CT molecular complexity index is 500. The molecule has 1 aromatic heterocycles. The van der Waals surface area contributed by atoms with Gasteiger partial charge in [-0.05, 0) is 11.6 Å². The van der Waals surface area contributed by atoms with E-state index in [1.165, 1.54) is 13.3 Å². The molecule has 0 unspecified atom stereocenters. The molecule has 0 atom stereocenters. The molecule has 0 aromatic carbocycles. The number of carboxylic acids is 1. The van der Waals surface area contributed by atoms with Crippen LogP contribution in [0.2, 0.25) is 0 Å². The van der Waals surface area contributed by atoms with Crippen LogP contribution in [0, 0.1) is 0 Å². The highest BCUT2D eigenvalue weighted by Gasteiger charge is 2.14. The number of sulfonamides is 1. The Kier molecular flexibility index (Phi) is 4.41. The molecule has 0 aliphatic carbocycles. The van der Waals surface area contributed by atoms with E-state index < -0.39 is 21.7 Å². The molecule has 8 heteroatoms. The number of pyridine rings is 1. The van der Waals surface area contributed by atoms with Gasteiger partial charge in [0.2, 0.25) is 15.9 Å². The van der Waals surface area contributed by atoms with Crippen LogP contribution in [-0.4, -0.2) is 37.3 Å². The van der Waals surface area contributed by atoms with E-state index in [0.717, 1.165) is 0 Å². The van der Waals surface area contributed by atoms with Crippen molar-refractivity contribution in [3.8, 4) is 5.88 Å². The molecule has 1 heterocycles. The number of aliphatic carboxylic acids is 1. The van der Waals surface area contributed by atoms with E-state index in [0.29, 0.717) is 11.4 Å². The first kappa shape index (κ1) is 13.4. The van der Waals surface area contributed by atoms with Gasteiger partial charge < -0.3 is 9.84 Å². The van der Waals surface area contributed by atoms with Crippen LogP contribution < -0.4 is 9.46 Å². The van der Waals surface area contributed by atoms with Crippen LogP contribution in [0.3, 0.4) is 0 Å². The molecule has 2 N–H and O–H groups in total. The minimum Gasteiger partial charge on any atom is -0.481 e. The summed E-state index contributed by atoms with van der Waals surface area (Å²) in [5.74, 6) is -1.99. The summed E-state index contributed by atoms with van der Waals surface area (Å²) in [5, 5.41) is 8.38. The molecule has 0 saturated carbocycles. The number of methoxy groups -OCH3 is 1. The molecule has 0 amide bonds. The van der Waals surface area contributed by atoms with Gasteiger partial charge >= 0.3 is 5.97 Å². The fraction of sp³-hybridized carbons (Fsp3) is 0.333.